The SMILES string of the molecule is COc1cc2c(cc1-c1cnn(C(C)C)c1)C1(CCCC1)N(C(C)C)n1cc(C)c(=O)cc1-2. The van der Waals surface area contributed by atoms with E-state index in [0.717, 1.165) is 46.5 Å². The second kappa shape index (κ2) is 7.79. The molecule has 0 saturated heterocycles. The lowest BCUT2D eigenvalue weighted by Crippen LogP contribution is -2.57. The highest BCUT2D eigenvalue weighted by Gasteiger charge is 2.48. The fourth-order valence-electron chi connectivity index (χ4n) is 5.86. The number of aryl methyl sites for hydroxylation is 1. The van der Waals surface area contributed by atoms with Gasteiger partial charge in [-0.05, 0) is 65.2 Å². The van der Waals surface area contributed by atoms with E-state index < -0.39 is 0 Å². The molecule has 3 heterocycles. The lowest BCUT2D eigenvalue weighted by Gasteiger charge is -2.52. The van der Waals surface area contributed by atoms with Gasteiger partial charge in [-0.25, -0.2) is 0 Å². The summed E-state index contributed by atoms with van der Waals surface area (Å²) in [4.78, 5) is 12.7. The molecule has 1 aliphatic heterocycles. The van der Waals surface area contributed by atoms with Gasteiger partial charge in [0.1, 0.15) is 5.75 Å². The molecule has 6 heteroatoms. The number of pyridine rings is 1. The predicted octanol–water partition coefficient (Wildman–Crippen LogP) is 5.41. The van der Waals surface area contributed by atoms with E-state index in [0.29, 0.717) is 6.04 Å². The Morgan fingerprint density at radius 1 is 1.00 bits per heavy atom. The predicted molar refractivity (Wildman–Crippen MR) is 133 cm³/mol. The van der Waals surface area contributed by atoms with E-state index in [1.807, 2.05) is 24.0 Å². The second-order valence-electron chi connectivity index (χ2n) is 10.1. The normalized spacial score (nSPS) is 16.5. The Bertz CT molecular complexity index is 1260. The Labute approximate surface area is 195 Å². The number of nitrogens with zero attached hydrogens (tertiary/aromatic N) is 4. The van der Waals surface area contributed by atoms with E-state index in [4.69, 9.17) is 4.74 Å². The van der Waals surface area contributed by atoms with Crippen LogP contribution in [-0.4, -0.2) is 27.6 Å². The van der Waals surface area contributed by atoms with Crippen LogP contribution in [0, 0.1) is 6.92 Å². The van der Waals surface area contributed by atoms with Crippen LogP contribution in [0.1, 0.15) is 70.5 Å². The molecular weight excluding hydrogens is 412 g/mol. The Kier molecular flexibility index (Phi) is 5.15. The third-order valence-corrected chi connectivity index (χ3v) is 7.37. The molecule has 1 aromatic carbocycles. The van der Waals surface area contributed by atoms with Crippen LogP contribution in [0.4, 0.5) is 0 Å². The number of rotatable bonds is 4. The third kappa shape index (κ3) is 3.22. The van der Waals surface area contributed by atoms with E-state index in [9.17, 15) is 4.79 Å². The molecule has 1 aliphatic carbocycles. The molecule has 33 heavy (non-hydrogen) atoms. The van der Waals surface area contributed by atoms with E-state index in [1.54, 1.807) is 13.2 Å². The maximum Gasteiger partial charge on any atom is 0.185 e. The van der Waals surface area contributed by atoms with Crippen LogP contribution in [0.25, 0.3) is 22.4 Å². The molecule has 2 aromatic heterocycles. The topological polar surface area (TPSA) is 52.3 Å². The van der Waals surface area contributed by atoms with E-state index >= 15 is 0 Å². The van der Waals surface area contributed by atoms with Crippen LogP contribution in [0.3, 0.4) is 0 Å². The Morgan fingerprint density at radius 3 is 2.33 bits per heavy atom. The number of hydrogen-bond donors (Lipinski definition) is 0. The molecule has 1 spiro atoms. The van der Waals surface area contributed by atoms with Crippen LogP contribution in [-0.2, 0) is 5.54 Å². The summed E-state index contributed by atoms with van der Waals surface area (Å²) in [5, 5.41) is 7.09. The van der Waals surface area contributed by atoms with Crippen molar-refractivity contribution in [2.45, 2.75) is 77.9 Å². The van der Waals surface area contributed by atoms with E-state index in [1.165, 1.54) is 18.4 Å². The lowest BCUT2D eigenvalue weighted by molar-refractivity contribution is 0.292. The Hall–Kier alpha value is -3.02. The molecule has 0 amide bonds. The molecular formula is C27H34N4O2. The molecule has 0 bridgehead atoms. The van der Waals surface area contributed by atoms with Crippen LogP contribution in [0.2, 0.25) is 0 Å². The summed E-state index contributed by atoms with van der Waals surface area (Å²) in [5.74, 6) is 0.808. The first-order valence-corrected chi connectivity index (χ1v) is 12.1. The molecule has 1 fully saturated rings. The van der Waals surface area contributed by atoms with Crippen molar-refractivity contribution in [1.82, 2.24) is 14.5 Å². The van der Waals surface area contributed by atoms with Crippen molar-refractivity contribution in [3.8, 4) is 28.1 Å². The van der Waals surface area contributed by atoms with Gasteiger partial charge in [0.2, 0.25) is 0 Å². The smallest absolute Gasteiger partial charge is 0.185 e. The Morgan fingerprint density at radius 2 is 1.73 bits per heavy atom. The van der Waals surface area contributed by atoms with E-state index in [-0.39, 0.29) is 17.0 Å². The minimum atomic E-state index is -0.104. The molecule has 0 atom stereocenters. The van der Waals surface area contributed by atoms with Gasteiger partial charge < -0.3 is 4.74 Å². The first-order valence-electron chi connectivity index (χ1n) is 12.1. The first-order chi connectivity index (χ1) is 15.8. The minimum Gasteiger partial charge on any atom is -0.496 e. The summed E-state index contributed by atoms with van der Waals surface area (Å²) in [7, 11) is 1.72. The van der Waals surface area contributed by atoms with Crippen LogP contribution >= 0.6 is 0 Å². The van der Waals surface area contributed by atoms with Gasteiger partial charge >= 0.3 is 0 Å². The zero-order chi connectivity index (χ0) is 23.5. The largest absolute Gasteiger partial charge is 0.496 e. The maximum absolute atomic E-state index is 12.7. The second-order valence-corrected chi connectivity index (χ2v) is 10.1. The zero-order valence-corrected chi connectivity index (χ0v) is 20.6. The van der Waals surface area contributed by atoms with Gasteiger partial charge in [0.25, 0.3) is 0 Å². The molecule has 0 radical (unpaired) electrons. The highest BCUT2D eigenvalue weighted by Crippen LogP contribution is 2.52. The summed E-state index contributed by atoms with van der Waals surface area (Å²) in [6.45, 7) is 10.7. The molecule has 6 nitrogen and oxygen atoms in total. The number of benzene rings is 1. The first kappa shape index (κ1) is 21.8. The molecule has 2 aliphatic rings. The molecule has 0 N–H and O–H groups in total. The summed E-state index contributed by atoms with van der Waals surface area (Å²) in [5.41, 5.74) is 6.18. The summed E-state index contributed by atoms with van der Waals surface area (Å²) >= 11 is 0. The van der Waals surface area contributed by atoms with Gasteiger partial charge in [-0.3, -0.25) is 19.2 Å². The third-order valence-electron chi connectivity index (χ3n) is 7.37. The van der Waals surface area contributed by atoms with Crippen molar-refractivity contribution in [2.24, 2.45) is 0 Å². The summed E-state index contributed by atoms with van der Waals surface area (Å²) in [6.07, 6.45) is 10.6. The molecule has 3 aromatic rings. The standard InChI is InChI=1S/C27H34N4O2/c1-17(2)29-16-20(14-28-29)21-11-23-22(12-26(21)33-6)24-13-25(32)19(5)15-30(24)31(18(3)4)27(23)9-7-8-10-27/h11-18H,7-10H2,1-6H3. The van der Waals surface area contributed by atoms with Crippen molar-refractivity contribution in [3.63, 3.8) is 0 Å². The fourth-order valence-corrected chi connectivity index (χ4v) is 5.86. The summed E-state index contributed by atoms with van der Waals surface area (Å²) in [6, 6.07) is 6.81. The van der Waals surface area contributed by atoms with Gasteiger partial charge in [0.15, 0.2) is 5.43 Å². The van der Waals surface area contributed by atoms with Crippen LogP contribution in [0.15, 0.2) is 41.6 Å². The fraction of sp³-hybridized carbons (Fsp3) is 0.481. The van der Waals surface area contributed by atoms with Crippen LogP contribution < -0.4 is 15.2 Å². The van der Waals surface area contributed by atoms with Crippen molar-refractivity contribution < 1.29 is 4.74 Å². The molecule has 0 unspecified atom stereocenters. The highest BCUT2D eigenvalue weighted by molar-refractivity contribution is 5.80. The maximum atomic E-state index is 12.7. The number of aromatic nitrogens is 3. The van der Waals surface area contributed by atoms with Gasteiger partial charge in [0.05, 0.1) is 24.5 Å². The average molecular weight is 447 g/mol. The van der Waals surface area contributed by atoms with Gasteiger partial charge in [-0.2, -0.15) is 5.10 Å². The molecule has 5 rings (SSSR count). The van der Waals surface area contributed by atoms with E-state index in [2.05, 4.69) is 60.8 Å². The average Bonchev–Trinajstić information content (AvgIpc) is 3.45. The van der Waals surface area contributed by atoms with Gasteiger partial charge in [0, 0.05) is 52.8 Å². The van der Waals surface area contributed by atoms with Gasteiger partial charge in [-0.1, -0.05) is 12.8 Å². The zero-order valence-electron chi connectivity index (χ0n) is 20.6. The number of ether oxygens (including phenoxy) is 1. The highest BCUT2D eigenvalue weighted by atomic mass is 16.5. The van der Waals surface area contributed by atoms with Crippen molar-refractivity contribution in [3.05, 3.63) is 58.1 Å². The number of hydrogen-bond acceptors (Lipinski definition) is 4. The number of methoxy groups -OCH3 is 1. The quantitative estimate of drug-likeness (QED) is 0.538. The van der Waals surface area contributed by atoms with Crippen molar-refractivity contribution in [1.29, 1.82) is 0 Å². The minimum absolute atomic E-state index is 0.0690. The van der Waals surface area contributed by atoms with Crippen molar-refractivity contribution in [2.75, 3.05) is 12.1 Å². The number of fused-ring (bicyclic) bond motifs is 4. The summed E-state index contributed by atoms with van der Waals surface area (Å²) < 4.78 is 10.1. The molecule has 174 valence electrons. The van der Waals surface area contributed by atoms with Crippen molar-refractivity contribution >= 4 is 0 Å². The lowest BCUT2D eigenvalue weighted by atomic mass is 9.79. The monoisotopic (exact) mass is 446 g/mol. The van der Waals surface area contributed by atoms with Gasteiger partial charge in [-0.15, -0.1) is 0 Å². The molecule has 1 saturated carbocycles. The van der Waals surface area contributed by atoms with Crippen LogP contribution in [0.5, 0.6) is 5.75 Å². The Balaban J connectivity index is 1.83.